The summed E-state index contributed by atoms with van der Waals surface area (Å²) < 4.78 is 5.05. The minimum absolute atomic E-state index is 0.0599. The third kappa shape index (κ3) is 4.12. The van der Waals surface area contributed by atoms with Gasteiger partial charge < -0.3 is 20.4 Å². The van der Waals surface area contributed by atoms with E-state index in [9.17, 15) is 14.4 Å². The van der Waals surface area contributed by atoms with Crippen molar-refractivity contribution in [2.24, 2.45) is 17.6 Å². The van der Waals surface area contributed by atoms with Crippen LogP contribution in [0.2, 0.25) is 0 Å². The van der Waals surface area contributed by atoms with Gasteiger partial charge in [-0.2, -0.15) is 0 Å². The van der Waals surface area contributed by atoms with Gasteiger partial charge in [-0.1, -0.05) is 13.8 Å². The normalized spacial score (nSPS) is 17.1. The van der Waals surface area contributed by atoms with E-state index in [1.54, 1.807) is 17.0 Å². The molecule has 3 amide bonds. The van der Waals surface area contributed by atoms with Gasteiger partial charge in [0.25, 0.3) is 5.91 Å². The zero-order valence-electron chi connectivity index (χ0n) is 13.5. The van der Waals surface area contributed by atoms with Crippen LogP contribution in [0.1, 0.15) is 37.2 Å². The van der Waals surface area contributed by atoms with Crippen molar-refractivity contribution in [1.82, 2.24) is 10.2 Å². The second kappa shape index (κ2) is 7.30. The van der Waals surface area contributed by atoms with Gasteiger partial charge in [0.2, 0.25) is 11.8 Å². The molecule has 1 fully saturated rings. The molecule has 0 saturated carbocycles. The molecule has 1 atom stereocenters. The van der Waals surface area contributed by atoms with Crippen LogP contribution < -0.4 is 11.1 Å². The number of hydrogen-bond acceptors (Lipinski definition) is 4. The number of rotatable bonds is 5. The van der Waals surface area contributed by atoms with E-state index in [2.05, 4.69) is 5.32 Å². The van der Waals surface area contributed by atoms with Crippen LogP contribution in [-0.2, 0) is 9.59 Å². The van der Waals surface area contributed by atoms with Crippen molar-refractivity contribution in [3.8, 4) is 0 Å². The highest BCUT2D eigenvalue weighted by Crippen LogP contribution is 2.19. The first-order valence-corrected chi connectivity index (χ1v) is 7.82. The number of carbonyl (C=O) groups excluding carboxylic acids is 3. The minimum Gasteiger partial charge on any atom is -0.459 e. The molecule has 0 radical (unpaired) electrons. The molecule has 126 valence electrons. The summed E-state index contributed by atoms with van der Waals surface area (Å²) in [6.45, 7) is 4.71. The first-order valence-electron chi connectivity index (χ1n) is 7.82. The van der Waals surface area contributed by atoms with Crippen molar-refractivity contribution in [1.29, 1.82) is 0 Å². The van der Waals surface area contributed by atoms with Crippen LogP contribution in [0, 0.1) is 11.8 Å². The summed E-state index contributed by atoms with van der Waals surface area (Å²) in [4.78, 5) is 37.7. The summed E-state index contributed by atoms with van der Waals surface area (Å²) >= 11 is 0. The molecular weight excluding hydrogens is 298 g/mol. The zero-order chi connectivity index (χ0) is 17.0. The van der Waals surface area contributed by atoms with Gasteiger partial charge in [0.05, 0.1) is 6.26 Å². The van der Waals surface area contributed by atoms with E-state index in [0.717, 1.165) is 0 Å². The number of nitrogens with two attached hydrogens (primary N) is 1. The number of hydrogen-bond donors (Lipinski definition) is 2. The number of carbonyl (C=O) groups is 3. The molecule has 3 N–H and O–H groups in total. The highest BCUT2D eigenvalue weighted by atomic mass is 16.3. The lowest BCUT2D eigenvalue weighted by Crippen LogP contribution is -2.53. The van der Waals surface area contributed by atoms with Gasteiger partial charge in [-0.15, -0.1) is 0 Å². The number of likely N-dealkylation sites (tertiary alicyclic amines) is 1. The van der Waals surface area contributed by atoms with Crippen molar-refractivity contribution in [2.45, 2.75) is 32.7 Å². The van der Waals surface area contributed by atoms with E-state index in [4.69, 9.17) is 10.2 Å². The maximum absolute atomic E-state index is 12.7. The van der Waals surface area contributed by atoms with E-state index in [0.29, 0.717) is 25.9 Å². The largest absolute Gasteiger partial charge is 0.459 e. The molecule has 2 rings (SSSR count). The predicted molar refractivity (Wildman–Crippen MR) is 83.3 cm³/mol. The Morgan fingerprint density at radius 3 is 2.43 bits per heavy atom. The number of amides is 3. The van der Waals surface area contributed by atoms with Gasteiger partial charge in [0.1, 0.15) is 6.04 Å². The lowest BCUT2D eigenvalue weighted by atomic mass is 9.94. The maximum atomic E-state index is 12.7. The third-order valence-corrected chi connectivity index (χ3v) is 4.17. The van der Waals surface area contributed by atoms with Gasteiger partial charge in [-0.25, -0.2) is 0 Å². The van der Waals surface area contributed by atoms with Gasteiger partial charge >= 0.3 is 0 Å². The first-order chi connectivity index (χ1) is 10.9. The molecule has 23 heavy (non-hydrogen) atoms. The predicted octanol–water partition coefficient (Wildman–Crippen LogP) is 0.758. The molecule has 2 heterocycles. The van der Waals surface area contributed by atoms with Crippen LogP contribution >= 0.6 is 0 Å². The molecule has 0 aliphatic carbocycles. The lowest BCUT2D eigenvalue weighted by molar-refractivity contribution is -0.137. The minimum atomic E-state index is -0.627. The second-order valence-corrected chi connectivity index (χ2v) is 6.17. The first kappa shape index (κ1) is 17.1. The van der Waals surface area contributed by atoms with Crippen LogP contribution in [0.3, 0.4) is 0 Å². The van der Waals surface area contributed by atoms with Crippen molar-refractivity contribution >= 4 is 17.7 Å². The van der Waals surface area contributed by atoms with E-state index in [1.807, 2.05) is 13.8 Å². The van der Waals surface area contributed by atoms with Crippen LogP contribution in [0.15, 0.2) is 22.8 Å². The van der Waals surface area contributed by atoms with E-state index < -0.39 is 11.9 Å². The summed E-state index contributed by atoms with van der Waals surface area (Å²) in [5.41, 5.74) is 5.31. The summed E-state index contributed by atoms with van der Waals surface area (Å²) in [6.07, 6.45) is 2.55. The highest BCUT2D eigenvalue weighted by molar-refractivity contribution is 5.95. The smallest absolute Gasteiger partial charge is 0.287 e. The Kier molecular flexibility index (Phi) is 5.41. The van der Waals surface area contributed by atoms with Crippen molar-refractivity contribution in [3.05, 3.63) is 24.2 Å². The Balaban J connectivity index is 1.99. The number of nitrogens with one attached hydrogen (secondary N) is 1. The molecule has 7 heteroatoms. The fourth-order valence-electron chi connectivity index (χ4n) is 2.71. The molecule has 0 spiro atoms. The average molecular weight is 321 g/mol. The third-order valence-electron chi connectivity index (χ3n) is 4.17. The monoisotopic (exact) mass is 321 g/mol. The summed E-state index contributed by atoms with van der Waals surface area (Å²) in [5.74, 6) is -0.916. The Hall–Kier alpha value is -2.31. The molecule has 1 unspecified atom stereocenters. The topological polar surface area (TPSA) is 106 Å². The number of nitrogens with zero attached hydrogens (tertiary/aromatic N) is 1. The molecule has 1 saturated heterocycles. The fourth-order valence-corrected chi connectivity index (χ4v) is 2.71. The molecule has 7 nitrogen and oxygen atoms in total. The van der Waals surface area contributed by atoms with Gasteiger partial charge in [-0.05, 0) is 30.9 Å². The molecular formula is C16H23N3O4. The second-order valence-electron chi connectivity index (χ2n) is 6.17. The van der Waals surface area contributed by atoms with Gasteiger partial charge in [-0.3, -0.25) is 14.4 Å². The van der Waals surface area contributed by atoms with Crippen LogP contribution in [0.25, 0.3) is 0 Å². The zero-order valence-corrected chi connectivity index (χ0v) is 13.5. The van der Waals surface area contributed by atoms with Crippen LogP contribution in [0.4, 0.5) is 0 Å². The SMILES string of the molecule is CC(C)C(NC(=O)c1ccco1)C(=O)N1CCC(C(N)=O)CC1. The molecule has 0 aromatic carbocycles. The quantitative estimate of drug-likeness (QED) is 0.835. The number of piperidine rings is 1. The summed E-state index contributed by atoms with van der Waals surface area (Å²) in [6, 6.07) is 2.54. The Labute approximate surface area is 135 Å². The van der Waals surface area contributed by atoms with Gasteiger partial charge in [0.15, 0.2) is 5.76 Å². The molecule has 1 aliphatic rings. The van der Waals surface area contributed by atoms with E-state index >= 15 is 0 Å². The summed E-state index contributed by atoms with van der Waals surface area (Å²) in [7, 11) is 0. The molecule has 0 bridgehead atoms. The average Bonchev–Trinajstić information content (AvgIpc) is 3.06. The van der Waals surface area contributed by atoms with E-state index in [-0.39, 0.29) is 29.4 Å². The standard InChI is InChI=1S/C16H23N3O4/c1-10(2)13(18-15(21)12-4-3-9-23-12)16(22)19-7-5-11(6-8-19)14(17)20/h3-4,9-11,13H,5-8H2,1-2H3,(H2,17,20)(H,18,21). The lowest BCUT2D eigenvalue weighted by Gasteiger charge is -2.34. The Morgan fingerprint density at radius 2 is 1.96 bits per heavy atom. The van der Waals surface area contributed by atoms with Crippen LogP contribution in [0.5, 0.6) is 0 Å². The molecule has 1 aliphatic heterocycles. The van der Waals surface area contributed by atoms with Crippen LogP contribution in [-0.4, -0.2) is 41.8 Å². The summed E-state index contributed by atoms with van der Waals surface area (Å²) in [5, 5.41) is 2.73. The number of furan rings is 1. The Morgan fingerprint density at radius 1 is 1.30 bits per heavy atom. The fraction of sp³-hybridized carbons (Fsp3) is 0.562. The van der Waals surface area contributed by atoms with Crippen molar-refractivity contribution in [2.75, 3.05) is 13.1 Å². The Bertz CT molecular complexity index is 560. The van der Waals surface area contributed by atoms with Crippen molar-refractivity contribution in [3.63, 3.8) is 0 Å². The maximum Gasteiger partial charge on any atom is 0.287 e. The van der Waals surface area contributed by atoms with Crippen molar-refractivity contribution < 1.29 is 18.8 Å². The van der Waals surface area contributed by atoms with Gasteiger partial charge in [0, 0.05) is 19.0 Å². The highest BCUT2D eigenvalue weighted by Gasteiger charge is 2.32. The van der Waals surface area contributed by atoms with E-state index in [1.165, 1.54) is 6.26 Å². The molecule has 1 aromatic rings. The molecule has 1 aromatic heterocycles. The number of primary amides is 1.